The quantitative estimate of drug-likeness (QED) is 0.875. The van der Waals surface area contributed by atoms with Crippen molar-refractivity contribution >= 4 is 5.91 Å². The van der Waals surface area contributed by atoms with Gasteiger partial charge in [-0.05, 0) is 36.2 Å². The van der Waals surface area contributed by atoms with Gasteiger partial charge in [0.1, 0.15) is 17.5 Å². The molecule has 0 bridgehead atoms. The van der Waals surface area contributed by atoms with E-state index < -0.39 is 5.91 Å². The maximum absolute atomic E-state index is 11.6. The Morgan fingerprint density at radius 1 is 1.36 bits per heavy atom. The van der Waals surface area contributed by atoms with Gasteiger partial charge < -0.3 is 15.8 Å². The second kappa shape index (κ2) is 5.81. The summed E-state index contributed by atoms with van der Waals surface area (Å²) in [7, 11) is 0. The van der Waals surface area contributed by atoms with Crippen LogP contribution in [-0.2, 0) is 0 Å². The van der Waals surface area contributed by atoms with Crippen LogP contribution < -0.4 is 15.8 Å². The summed E-state index contributed by atoms with van der Waals surface area (Å²) >= 11 is 0. The molecule has 3 N–H and O–H groups in total. The van der Waals surface area contributed by atoms with Crippen LogP contribution >= 0.6 is 0 Å². The molecule has 6 nitrogen and oxygen atoms in total. The lowest BCUT2D eigenvalue weighted by molar-refractivity contribution is 0.0993. The Morgan fingerprint density at radius 2 is 2.05 bits per heavy atom. The van der Waals surface area contributed by atoms with Crippen LogP contribution in [0.2, 0.25) is 0 Å². The molecule has 1 amide bonds. The normalized spacial score (nSPS) is 14.9. The van der Waals surface area contributed by atoms with Gasteiger partial charge in [-0.1, -0.05) is 13.8 Å². The number of rotatable bonds is 5. The minimum absolute atomic E-state index is 0.230. The van der Waals surface area contributed by atoms with Gasteiger partial charge in [-0.15, -0.1) is 0 Å². The van der Waals surface area contributed by atoms with Crippen molar-refractivity contribution in [1.82, 2.24) is 15.1 Å². The number of nitrogens with zero attached hydrogens (tertiary/aromatic N) is 2. The first-order chi connectivity index (χ1) is 10.5. The molecule has 1 aromatic carbocycles. The van der Waals surface area contributed by atoms with Crippen LogP contribution in [-0.4, -0.2) is 34.9 Å². The Hall–Kier alpha value is -2.34. The van der Waals surface area contributed by atoms with Gasteiger partial charge in [0.05, 0.1) is 11.4 Å². The van der Waals surface area contributed by atoms with Crippen LogP contribution in [0.3, 0.4) is 0 Å². The third-order valence-corrected chi connectivity index (χ3v) is 3.70. The Labute approximate surface area is 129 Å². The van der Waals surface area contributed by atoms with E-state index >= 15 is 0 Å². The predicted molar refractivity (Wildman–Crippen MR) is 83.5 cm³/mol. The third kappa shape index (κ3) is 2.82. The Balaban J connectivity index is 1.87. The number of hydrogen-bond acceptors (Lipinski definition) is 4. The lowest BCUT2D eigenvalue weighted by Crippen LogP contribution is -2.50. The summed E-state index contributed by atoms with van der Waals surface area (Å²) in [5, 5.41) is 7.65. The molecule has 2 heterocycles. The van der Waals surface area contributed by atoms with E-state index in [2.05, 4.69) is 10.4 Å². The zero-order valence-electron chi connectivity index (χ0n) is 12.7. The number of carbonyl (C=O) groups is 1. The molecule has 3 rings (SSSR count). The minimum atomic E-state index is -0.486. The predicted octanol–water partition coefficient (Wildman–Crippen LogP) is 1.45. The number of ether oxygens (including phenoxy) is 1. The Bertz CT molecular complexity index is 672. The van der Waals surface area contributed by atoms with Gasteiger partial charge in [-0.3, -0.25) is 4.79 Å². The molecule has 1 aromatic heterocycles. The number of nitrogens with two attached hydrogens (primary N) is 1. The van der Waals surface area contributed by atoms with Crippen LogP contribution in [0.1, 0.15) is 35.9 Å². The topological polar surface area (TPSA) is 82.2 Å². The number of primary amides is 1. The molecule has 0 spiro atoms. The van der Waals surface area contributed by atoms with Crippen LogP contribution in [0.4, 0.5) is 0 Å². The van der Waals surface area contributed by atoms with Gasteiger partial charge in [0.15, 0.2) is 0 Å². The van der Waals surface area contributed by atoms with Crippen molar-refractivity contribution in [3.05, 3.63) is 41.7 Å². The van der Waals surface area contributed by atoms with E-state index in [0.717, 1.165) is 30.2 Å². The first kappa shape index (κ1) is 14.6. The number of amides is 1. The second-order valence-corrected chi connectivity index (χ2v) is 5.78. The molecule has 0 saturated carbocycles. The third-order valence-electron chi connectivity index (χ3n) is 3.70. The van der Waals surface area contributed by atoms with Gasteiger partial charge in [0, 0.05) is 13.1 Å². The van der Waals surface area contributed by atoms with E-state index in [1.807, 2.05) is 38.1 Å². The number of carbonyl (C=O) groups excluding carboxylic acids is 1. The molecular weight excluding hydrogens is 280 g/mol. The van der Waals surface area contributed by atoms with E-state index in [-0.39, 0.29) is 12.0 Å². The monoisotopic (exact) mass is 300 g/mol. The van der Waals surface area contributed by atoms with Gasteiger partial charge in [-0.25, -0.2) is 4.68 Å². The molecule has 0 aliphatic carbocycles. The number of benzene rings is 1. The average Bonchev–Trinajstić information content (AvgIpc) is 2.89. The maximum atomic E-state index is 11.6. The van der Waals surface area contributed by atoms with Crippen molar-refractivity contribution in [3.8, 4) is 11.4 Å². The van der Waals surface area contributed by atoms with Crippen molar-refractivity contribution < 1.29 is 9.53 Å². The lowest BCUT2D eigenvalue weighted by Gasteiger charge is -2.27. The summed E-state index contributed by atoms with van der Waals surface area (Å²) in [5.41, 5.74) is 7.48. The smallest absolute Gasteiger partial charge is 0.267 e. The molecule has 1 saturated heterocycles. The Kier molecular flexibility index (Phi) is 3.85. The van der Waals surface area contributed by atoms with Gasteiger partial charge in [0.25, 0.3) is 5.91 Å². The SMILES string of the molecule is CC(C)c1cc(C(N)=O)n(-c2ccc(OC3CNC3)cc2)n1. The number of hydrogen-bond donors (Lipinski definition) is 2. The summed E-state index contributed by atoms with van der Waals surface area (Å²) in [6.45, 7) is 5.82. The zero-order valence-corrected chi connectivity index (χ0v) is 12.7. The highest BCUT2D eigenvalue weighted by atomic mass is 16.5. The summed E-state index contributed by atoms with van der Waals surface area (Å²) < 4.78 is 7.37. The first-order valence-corrected chi connectivity index (χ1v) is 7.42. The van der Waals surface area contributed by atoms with E-state index in [9.17, 15) is 4.79 Å². The molecule has 2 aromatic rings. The number of aromatic nitrogens is 2. The highest BCUT2D eigenvalue weighted by Crippen LogP contribution is 2.21. The number of nitrogens with one attached hydrogen (secondary N) is 1. The van der Waals surface area contributed by atoms with E-state index in [1.165, 1.54) is 0 Å². The molecule has 0 radical (unpaired) electrons. The van der Waals surface area contributed by atoms with Crippen LogP contribution in [0.5, 0.6) is 5.75 Å². The summed E-state index contributed by atoms with van der Waals surface area (Å²) in [5.74, 6) is 0.556. The molecule has 116 valence electrons. The van der Waals surface area contributed by atoms with Crippen molar-refractivity contribution in [2.45, 2.75) is 25.9 Å². The molecule has 22 heavy (non-hydrogen) atoms. The summed E-state index contributed by atoms with van der Waals surface area (Å²) in [4.78, 5) is 11.6. The lowest BCUT2D eigenvalue weighted by atomic mass is 10.1. The van der Waals surface area contributed by atoms with E-state index in [1.54, 1.807) is 10.7 Å². The van der Waals surface area contributed by atoms with E-state index in [0.29, 0.717) is 5.69 Å². The highest BCUT2D eigenvalue weighted by molar-refractivity contribution is 5.91. The molecule has 0 atom stereocenters. The Morgan fingerprint density at radius 3 is 2.55 bits per heavy atom. The fourth-order valence-electron chi connectivity index (χ4n) is 2.26. The molecule has 1 aliphatic rings. The van der Waals surface area contributed by atoms with Crippen molar-refractivity contribution in [2.24, 2.45) is 5.73 Å². The summed E-state index contributed by atoms with van der Waals surface area (Å²) in [6, 6.07) is 9.28. The standard InChI is InChI=1S/C16H20N4O2/c1-10(2)14-7-15(16(17)21)20(19-14)11-3-5-12(6-4-11)22-13-8-18-9-13/h3-7,10,13,18H,8-9H2,1-2H3,(H2,17,21). The van der Waals surface area contributed by atoms with E-state index in [4.69, 9.17) is 10.5 Å². The highest BCUT2D eigenvalue weighted by Gasteiger charge is 2.19. The fourth-order valence-corrected chi connectivity index (χ4v) is 2.26. The molecular formula is C16H20N4O2. The zero-order chi connectivity index (χ0) is 15.7. The van der Waals surface area contributed by atoms with Crippen molar-refractivity contribution in [2.75, 3.05) is 13.1 Å². The molecule has 0 unspecified atom stereocenters. The van der Waals surface area contributed by atoms with Gasteiger partial charge in [-0.2, -0.15) is 5.10 Å². The van der Waals surface area contributed by atoms with Crippen molar-refractivity contribution in [1.29, 1.82) is 0 Å². The van der Waals surface area contributed by atoms with Crippen LogP contribution in [0.25, 0.3) is 5.69 Å². The largest absolute Gasteiger partial charge is 0.488 e. The van der Waals surface area contributed by atoms with Gasteiger partial charge >= 0.3 is 0 Å². The molecule has 1 fully saturated rings. The first-order valence-electron chi connectivity index (χ1n) is 7.42. The second-order valence-electron chi connectivity index (χ2n) is 5.78. The van der Waals surface area contributed by atoms with Gasteiger partial charge in [0.2, 0.25) is 0 Å². The average molecular weight is 300 g/mol. The summed E-state index contributed by atoms with van der Waals surface area (Å²) in [6.07, 6.45) is 0.240. The van der Waals surface area contributed by atoms with Crippen LogP contribution in [0, 0.1) is 0 Å². The fraction of sp³-hybridized carbons (Fsp3) is 0.375. The molecule has 6 heteroatoms. The maximum Gasteiger partial charge on any atom is 0.267 e. The minimum Gasteiger partial charge on any atom is -0.488 e. The molecule has 1 aliphatic heterocycles. The van der Waals surface area contributed by atoms with Crippen molar-refractivity contribution in [3.63, 3.8) is 0 Å². The van der Waals surface area contributed by atoms with Crippen LogP contribution in [0.15, 0.2) is 30.3 Å².